The highest BCUT2D eigenvalue weighted by Crippen LogP contribution is 2.19. The number of aryl methyl sites for hydroxylation is 1. The first-order chi connectivity index (χ1) is 13.2. The number of hydrogen-bond acceptors (Lipinski definition) is 2. The Morgan fingerprint density at radius 2 is 1.74 bits per heavy atom. The van der Waals surface area contributed by atoms with Crippen molar-refractivity contribution in [1.29, 1.82) is 0 Å². The van der Waals surface area contributed by atoms with Crippen LogP contribution in [0.5, 0.6) is 0 Å². The average molecular weight is 363 g/mol. The van der Waals surface area contributed by atoms with Crippen LogP contribution in [0.2, 0.25) is 0 Å². The summed E-state index contributed by atoms with van der Waals surface area (Å²) >= 11 is 0. The molecule has 1 aromatic heterocycles. The van der Waals surface area contributed by atoms with Crippen LogP contribution in [0.15, 0.2) is 77.4 Å². The first-order valence-corrected chi connectivity index (χ1v) is 9.45. The van der Waals surface area contributed by atoms with Crippen LogP contribution in [0, 0.1) is 6.92 Å². The van der Waals surface area contributed by atoms with Gasteiger partial charge in [-0.25, -0.2) is 0 Å². The molecule has 4 nitrogen and oxygen atoms in total. The minimum atomic E-state index is -0.0357. The first kappa shape index (κ1) is 18.9. The van der Waals surface area contributed by atoms with Crippen LogP contribution in [0.25, 0.3) is 0 Å². The molecule has 0 aliphatic rings. The number of benzene rings is 2. The molecule has 3 rings (SSSR count). The molecule has 3 aromatic rings. The quantitative estimate of drug-likeness (QED) is 0.643. The number of nitrogens with one attached hydrogen (secondary N) is 1. The van der Waals surface area contributed by atoms with Crippen LogP contribution in [-0.4, -0.2) is 12.5 Å². The van der Waals surface area contributed by atoms with Gasteiger partial charge in [0, 0.05) is 5.56 Å². The second-order valence-electron chi connectivity index (χ2n) is 6.78. The van der Waals surface area contributed by atoms with Crippen LogP contribution >= 0.6 is 0 Å². The number of furan rings is 1. The molecule has 4 heteroatoms. The molecule has 0 fully saturated rings. The third kappa shape index (κ3) is 5.08. The summed E-state index contributed by atoms with van der Waals surface area (Å²) in [4.78, 5) is 12.6. The van der Waals surface area contributed by atoms with Crippen molar-refractivity contribution in [2.75, 3.05) is 6.54 Å². The molecule has 0 bridgehead atoms. The zero-order chi connectivity index (χ0) is 19.1. The normalized spacial score (nSPS) is 13.1. The second-order valence-corrected chi connectivity index (χ2v) is 6.78. The summed E-state index contributed by atoms with van der Waals surface area (Å²) in [5, 5.41) is 5.17. The Kier molecular flexibility index (Phi) is 6.44. The van der Waals surface area contributed by atoms with Gasteiger partial charge in [0.15, 0.2) is 18.3 Å². The van der Waals surface area contributed by atoms with E-state index in [0.29, 0.717) is 6.54 Å². The summed E-state index contributed by atoms with van der Waals surface area (Å²) in [7, 11) is 0. The Morgan fingerprint density at radius 3 is 2.37 bits per heavy atom. The smallest absolute Gasteiger partial charge is 0.275 e. The Morgan fingerprint density at radius 1 is 1.00 bits per heavy atom. The van der Waals surface area contributed by atoms with E-state index in [9.17, 15) is 4.79 Å². The van der Waals surface area contributed by atoms with Crippen molar-refractivity contribution in [1.82, 2.24) is 5.32 Å². The van der Waals surface area contributed by atoms with Crippen LogP contribution < -0.4 is 10.6 Å². The molecule has 1 heterocycles. The molecule has 3 N–H and O–H groups in total. The van der Waals surface area contributed by atoms with E-state index in [1.807, 2.05) is 35.6 Å². The number of amides is 1. The third-order valence-electron chi connectivity index (χ3n) is 4.77. The lowest BCUT2D eigenvalue weighted by atomic mass is 10.0. The summed E-state index contributed by atoms with van der Waals surface area (Å²) in [6, 6.07) is 22.3. The van der Waals surface area contributed by atoms with Gasteiger partial charge in [0.1, 0.15) is 0 Å². The van der Waals surface area contributed by atoms with Crippen LogP contribution in [0.3, 0.4) is 0 Å². The predicted octanol–water partition coefficient (Wildman–Crippen LogP) is 3.51. The maximum Gasteiger partial charge on any atom is 0.275 e. The van der Waals surface area contributed by atoms with Gasteiger partial charge >= 0.3 is 0 Å². The Labute approximate surface area is 160 Å². The van der Waals surface area contributed by atoms with Gasteiger partial charge in [0.25, 0.3) is 5.91 Å². The molecule has 0 saturated carbocycles. The fourth-order valence-electron chi connectivity index (χ4n) is 3.24. The zero-order valence-electron chi connectivity index (χ0n) is 15.9. The fourth-order valence-corrected chi connectivity index (χ4v) is 3.24. The van der Waals surface area contributed by atoms with Crippen molar-refractivity contribution in [2.45, 2.75) is 32.4 Å². The minimum Gasteiger partial charge on any atom is -0.463 e. The Bertz CT molecular complexity index is 827. The Hall–Kier alpha value is -2.85. The standard InChI is InChI=1S/C23H26N2O2/c1-3-20(18-13-11-17(2)12-14-18)25-22(26)16-24-23(21-10-7-15-27-21)19-8-5-4-6-9-19/h4-15,20,23-24H,3,16H2,1-2H3,(H,25,26)/p+1/t20-,23+/m0/s1. The van der Waals surface area contributed by atoms with Crippen LogP contribution in [-0.2, 0) is 4.79 Å². The van der Waals surface area contributed by atoms with Crippen molar-refractivity contribution in [3.8, 4) is 0 Å². The van der Waals surface area contributed by atoms with Crippen molar-refractivity contribution >= 4 is 5.91 Å². The highest BCUT2D eigenvalue weighted by Gasteiger charge is 2.22. The molecule has 0 saturated heterocycles. The van der Waals surface area contributed by atoms with Crippen molar-refractivity contribution < 1.29 is 14.5 Å². The van der Waals surface area contributed by atoms with Crippen molar-refractivity contribution in [3.63, 3.8) is 0 Å². The molecule has 1 amide bonds. The molecule has 0 spiro atoms. The molecular formula is C23H27N2O2+. The monoisotopic (exact) mass is 363 g/mol. The number of carbonyl (C=O) groups is 1. The van der Waals surface area contributed by atoms with Crippen LogP contribution in [0.4, 0.5) is 0 Å². The molecule has 2 aromatic carbocycles. The molecular weight excluding hydrogens is 336 g/mol. The van der Waals surface area contributed by atoms with E-state index in [1.165, 1.54) is 5.56 Å². The molecule has 0 aliphatic carbocycles. The molecule has 140 valence electrons. The summed E-state index contributed by atoms with van der Waals surface area (Å²) in [6.45, 7) is 4.49. The molecule has 0 unspecified atom stereocenters. The average Bonchev–Trinajstić information content (AvgIpc) is 3.22. The second kappa shape index (κ2) is 9.19. The number of hydrogen-bond donors (Lipinski definition) is 2. The van der Waals surface area contributed by atoms with Gasteiger partial charge in [0.2, 0.25) is 0 Å². The van der Waals surface area contributed by atoms with Gasteiger partial charge in [-0.3, -0.25) is 4.79 Å². The van der Waals surface area contributed by atoms with Gasteiger partial charge in [-0.15, -0.1) is 0 Å². The fraction of sp³-hybridized carbons (Fsp3) is 0.261. The zero-order valence-corrected chi connectivity index (χ0v) is 15.9. The van der Waals surface area contributed by atoms with E-state index in [2.05, 4.69) is 55.6 Å². The lowest BCUT2D eigenvalue weighted by molar-refractivity contribution is -0.678. The predicted molar refractivity (Wildman–Crippen MR) is 106 cm³/mol. The van der Waals surface area contributed by atoms with Gasteiger partial charge < -0.3 is 15.1 Å². The summed E-state index contributed by atoms with van der Waals surface area (Å²) in [6.07, 6.45) is 2.53. The van der Waals surface area contributed by atoms with E-state index < -0.39 is 0 Å². The molecule has 2 atom stereocenters. The van der Waals surface area contributed by atoms with Crippen LogP contribution in [0.1, 0.15) is 47.9 Å². The van der Waals surface area contributed by atoms with E-state index in [1.54, 1.807) is 6.26 Å². The number of carbonyl (C=O) groups excluding carboxylic acids is 1. The van der Waals surface area contributed by atoms with Crippen molar-refractivity contribution in [3.05, 3.63) is 95.4 Å². The van der Waals surface area contributed by atoms with Gasteiger partial charge in [0.05, 0.1) is 12.3 Å². The molecule has 0 aliphatic heterocycles. The van der Waals surface area contributed by atoms with E-state index in [4.69, 9.17) is 4.42 Å². The number of quaternary nitrogens is 1. The largest absolute Gasteiger partial charge is 0.463 e. The van der Waals surface area contributed by atoms with Gasteiger partial charge in [-0.2, -0.15) is 0 Å². The lowest BCUT2D eigenvalue weighted by Gasteiger charge is -2.19. The van der Waals surface area contributed by atoms with Crippen molar-refractivity contribution in [2.24, 2.45) is 0 Å². The highest BCUT2D eigenvalue weighted by atomic mass is 16.3. The third-order valence-corrected chi connectivity index (χ3v) is 4.77. The maximum absolute atomic E-state index is 12.6. The Balaban J connectivity index is 1.64. The SMILES string of the molecule is CC[C@H](NC(=O)C[NH2+][C@H](c1ccccc1)c1ccco1)c1ccc(C)cc1. The maximum atomic E-state index is 12.6. The van der Waals surface area contributed by atoms with E-state index in [-0.39, 0.29) is 18.0 Å². The first-order valence-electron chi connectivity index (χ1n) is 9.45. The summed E-state index contributed by atoms with van der Waals surface area (Å²) in [5.41, 5.74) is 3.48. The molecule has 0 radical (unpaired) electrons. The number of nitrogens with two attached hydrogens (primary N) is 1. The van der Waals surface area contributed by atoms with Gasteiger partial charge in [-0.1, -0.05) is 67.1 Å². The summed E-state index contributed by atoms with van der Waals surface area (Å²) in [5.74, 6) is 0.870. The summed E-state index contributed by atoms with van der Waals surface area (Å²) < 4.78 is 5.60. The molecule has 27 heavy (non-hydrogen) atoms. The lowest BCUT2D eigenvalue weighted by Crippen LogP contribution is -2.87. The van der Waals surface area contributed by atoms with E-state index >= 15 is 0 Å². The topological polar surface area (TPSA) is 58.9 Å². The number of rotatable bonds is 8. The highest BCUT2D eigenvalue weighted by molar-refractivity contribution is 5.77. The minimum absolute atomic E-state index is 0.0231. The van der Waals surface area contributed by atoms with E-state index in [0.717, 1.165) is 23.3 Å². The van der Waals surface area contributed by atoms with Gasteiger partial charge in [-0.05, 0) is 31.0 Å².